The average molecular weight is 395 g/mol. The third kappa shape index (κ3) is 5.19. The minimum Gasteiger partial charge on any atom is -0.470 e. The van der Waals surface area contributed by atoms with Crippen molar-refractivity contribution in [2.24, 2.45) is 0 Å². The number of rotatable bonds is 6. The minimum absolute atomic E-state index is 0.0380. The SMILES string of the molecule is O=C(COC(=O)C1=C(Nc2ccccc2)OCC1=O)NNC(=O)c1ccccc1. The highest BCUT2D eigenvalue weighted by atomic mass is 16.5. The van der Waals surface area contributed by atoms with E-state index >= 15 is 0 Å². The van der Waals surface area contributed by atoms with Crippen LogP contribution >= 0.6 is 0 Å². The number of hydrazine groups is 1. The lowest BCUT2D eigenvalue weighted by atomic mass is 10.2. The quantitative estimate of drug-likeness (QED) is 0.377. The summed E-state index contributed by atoms with van der Waals surface area (Å²) in [5.74, 6) is -2.90. The fourth-order valence-corrected chi connectivity index (χ4v) is 2.39. The molecule has 1 aliphatic heterocycles. The number of amides is 2. The van der Waals surface area contributed by atoms with Crippen molar-refractivity contribution in [3.63, 3.8) is 0 Å². The predicted octanol–water partition coefficient (Wildman–Crippen LogP) is 0.914. The third-order valence-electron chi connectivity index (χ3n) is 3.78. The zero-order valence-electron chi connectivity index (χ0n) is 15.1. The van der Waals surface area contributed by atoms with E-state index in [1.165, 1.54) is 0 Å². The molecule has 0 aromatic heterocycles. The number of carbonyl (C=O) groups excluding carboxylic acids is 4. The lowest BCUT2D eigenvalue weighted by molar-refractivity contribution is -0.145. The van der Waals surface area contributed by atoms with Crippen LogP contribution in [-0.4, -0.2) is 36.8 Å². The second-order valence-electron chi connectivity index (χ2n) is 5.85. The zero-order chi connectivity index (χ0) is 20.6. The molecule has 3 rings (SSSR count). The van der Waals surface area contributed by atoms with Crippen LogP contribution in [0.5, 0.6) is 0 Å². The molecule has 0 unspecified atom stereocenters. The first-order valence-electron chi connectivity index (χ1n) is 8.58. The van der Waals surface area contributed by atoms with E-state index in [1.807, 2.05) is 6.07 Å². The van der Waals surface area contributed by atoms with Crippen LogP contribution in [0.25, 0.3) is 0 Å². The molecule has 29 heavy (non-hydrogen) atoms. The lowest BCUT2D eigenvalue weighted by Crippen LogP contribution is -2.43. The van der Waals surface area contributed by atoms with Gasteiger partial charge in [-0.15, -0.1) is 0 Å². The first-order valence-corrected chi connectivity index (χ1v) is 8.58. The predicted molar refractivity (Wildman–Crippen MR) is 101 cm³/mol. The second-order valence-corrected chi connectivity index (χ2v) is 5.85. The van der Waals surface area contributed by atoms with Gasteiger partial charge >= 0.3 is 5.97 Å². The third-order valence-corrected chi connectivity index (χ3v) is 3.78. The standard InChI is InChI=1S/C20H17N3O6/c24-15-11-28-19(21-14-9-5-2-6-10-14)17(15)20(27)29-12-16(25)22-23-18(26)13-7-3-1-4-8-13/h1-10,21H,11-12H2,(H,22,25)(H,23,26). The Hall–Kier alpha value is -4.14. The summed E-state index contributed by atoms with van der Waals surface area (Å²) in [6.45, 7) is -0.998. The fraction of sp³-hybridized carbons (Fsp3) is 0.100. The van der Waals surface area contributed by atoms with Crippen molar-refractivity contribution >= 4 is 29.3 Å². The second kappa shape index (κ2) is 9.18. The van der Waals surface area contributed by atoms with Gasteiger partial charge in [0.2, 0.25) is 11.7 Å². The Morgan fingerprint density at radius 2 is 1.59 bits per heavy atom. The van der Waals surface area contributed by atoms with Crippen LogP contribution in [0.3, 0.4) is 0 Å². The summed E-state index contributed by atoms with van der Waals surface area (Å²) in [5.41, 5.74) is 4.97. The van der Waals surface area contributed by atoms with Crippen LogP contribution in [0.15, 0.2) is 72.1 Å². The molecular weight excluding hydrogens is 378 g/mol. The van der Waals surface area contributed by atoms with Crippen molar-refractivity contribution in [3.05, 3.63) is 77.7 Å². The zero-order valence-corrected chi connectivity index (χ0v) is 15.1. The molecule has 2 amide bonds. The Kier molecular flexibility index (Phi) is 6.21. The molecule has 0 aliphatic carbocycles. The number of hydrogen-bond donors (Lipinski definition) is 3. The topological polar surface area (TPSA) is 123 Å². The Morgan fingerprint density at radius 1 is 0.931 bits per heavy atom. The number of benzene rings is 2. The molecule has 0 fully saturated rings. The van der Waals surface area contributed by atoms with Gasteiger partial charge in [-0.1, -0.05) is 36.4 Å². The van der Waals surface area contributed by atoms with E-state index in [-0.39, 0.29) is 18.1 Å². The van der Waals surface area contributed by atoms with Gasteiger partial charge in [0.05, 0.1) is 0 Å². The summed E-state index contributed by atoms with van der Waals surface area (Å²) in [6, 6.07) is 17.0. The molecule has 0 saturated carbocycles. The van der Waals surface area contributed by atoms with Crippen LogP contribution in [0.1, 0.15) is 10.4 Å². The molecule has 0 spiro atoms. The van der Waals surface area contributed by atoms with E-state index in [0.717, 1.165) is 0 Å². The maximum atomic E-state index is 12.2. The molecule has 0 atom stereocenters. The molecule has 0 saturated heterocycles. The van der Waals surface area contributed by atoms with E-state index in [2.05, 4.69) is 16.2 Å². The van der Waals surface area contributed by atoms with Gasteiger partial charge in [-0.2, -0.15) is 0 Å². The summed E-state index contributed by atoms with van der Waals surface area (Å²) in [6.07, 6.45) is 0. The van der Waals surface area contributed by atoms with Crippen molar-refractivity contribution in [2.45, 2.75) is 0 Å². The van der Waals surface area contributed by atoms with E-state index in [0.29, 0.717) is 11.3 Å². The molecular formula is C20H17N3O6. The van der Waals surface area contributed by atoms with Crippen LogP contribution in [0.2, 0.25) is 0 Å². The number of carbonyl (C=O) groups is 4. The highest BCUT2D eigenvalue weighted by Crippen LogP contribution is 2.20. The Balaban J connectivity index is 1.53. The van der Waals surface area contributed by atoms with Crippen molar-refractivity contribution in [2.75, 3.05) is 18.5 Å². The molecule has 0 bridgehead atoms. The van der Waals surface area contributed by atoms with Gasteiger partial charge < -0.3 is 14.8 Å². The number of Topliss-reactive ketones (excluding diaryl/α,β-unsaturated/α-hetero) is 1. The molecule has 2 aromatic carbocycles. The van der Waals surface area contributed by atoms with E-state index in [9.17, 15) is 19.2 Å². The summed E-state index contributed by atoms with van der Waals surface area (Å²) >= 11 is 0. The van der Waals surface area contributed by atoms with Crippen molar-refractivity contribution in [1.82, 2.24) is 10.9 Å². The van der Waals surface area contributed by atoms with Gasteiger partial charge in [-0.05, 0) is 24.3 Å². The molecule has 1 aliphatic rings. The van der Waals surface area contributed by atoms with Crippen LogP contribution in [0.4, 0.5) is 5.69 Å². The molecule has 9 nitrogen and oxygen atoms in total. The average Bonchev–Trinajstić information content (AvgIpc) is 3.11. The Labute approximate surface area is 165 Å². The van der Waals surface area contributed by atoms with Gasteiger partial charge in [0.1, 0.15) is 0 Å². The first kappa shape index (κ1) is 19.6. The summed E-state index contributed by atoms with van der Waals surface area (Å²) in [4.78, 5) is 47.8. The normalized spacial score (nSPS) is 12.8. The number of ketones is 1. The van der Waals surface area contributed by atoms with E-state index < -0.39 is 30.2 Å². The molecule has 3 N–H and O–H groups in total. The summed E-state index contributed by atoms with van der Waals surface area (Å²) < 4.78 is 10.1. The van der Waals surface area contributed by atoms with Crippen molar-refractivity contribution in [3.8, 4) is 0 Å². The molecule has 1 heterocycles. The molecule has 2 aromatic rings. The number of anilines is 1. The number of hydrogen-bond acceptors (Lipinski definition) is 7. The molecule has 148 valence electrons. The van der Waals surface area contributed by atoms with Crippen molar-refractivity contribution in [1.29, 1.82) is 0 Å². The smallest absolute Gasteiger partial charge is 0.347 e. The minimum atomic E-state index is -1.00. The monoisotopic (exact) mass is 395 g/mol. The highest BCUT2D eigenvalue weighted by Gasteiger charge is 2.32. The largest absolute Gasteiger partial charge is 0.470 e. The number of ether oxygens (including phenoxy) is 2. The van der Waals surface area contributed by atoms with Gasteiger partial charge in [-0.3, -0.25) is 25.2 Å². The van der Waals surface area contributed by atoms with Crippen LogP contribution < -0.4 is 16.2 Å². The van der Waals surface area contributed by atoms with Gasteiger partial charge in [-0.25, -0.2) is 4.79 Å². The van der Waals surface area contributed by atoms with Crippen molar-refractivity contribution < 1.29 is 28.7 Å². The Bertz CT molecular complexity index is 957. The Morgan fingerprint density at radius 3 is 2.28 bits per heavy atom. The number of nitrogens with one attached hydrogen (secondary N) is 3. The maximum Gasteiger partial charge on any atom is 0.347 e. The van der Waals surface area contributed by atoms with E-state index in [4.69, 9.17) is 9.47 Å². The fourth-order valence-electron chi connectivity index (χ4n) is 2.39. The maximum absolute atomic E-state index is 12.2. The summed E-state index contributed by atoms with van der Waals surface area (Å²) in [7, 11) is 0. The van der Waals surface area contributed by atoms with E-state index in [1.54, 1.807) is 54.6 Å². The number of esters is 1. The molecule has 0 radical (unpaired) electrons. The van der Waals surface area contributed by atoms with Gasteiger partial charge in [0, 0.05) is 11.3 Å². The van der Waals surface area contributed by atoms with Crippen LogP contribution in [-0.2, 0) is 23.9 Å². The lowest BCUT2D eigenvalue weighted by Gasteiger charge is -2.09. The van der Waals surface area contributed by atoms with Crippen LogP contribution in [0, 0.1) is 0 Å². The summed E-state index contributed by atoms with van der Waals surface area (Å²) in [5, 5.41) is 2.83. The van der Waals surface area contributed by atoms with Gasteiger partial charge in [0.25, 0.3) is 11.8 Å². The van der Waals surface area contributed by atoms with Gasteiger partial charge in [0.15, 0.2) is 18.8 Å². The highest BCUT2D eigenvalue weighted by molar-refractivity contribution is 6.20. The first-order chi connectivity index (χ1) is 14.0. The number of para-hydroxylation sites is 1. The molecule has 9 heteroatoms.